The molecule has 0 aliphatic heterocycles. The van der Waals surface area contributed by atoms with Gasteiger partial charge in [-0.15, -0.1) is 0 Å². The molecule has 3 unspecified atom stereocenters. The Hall–Kier alpha value is -0.940. The molecule has 0 N–H and O–H groups in total. The third-order valence-electron chi connectivity index (χ3n) is 3.95. The zero-order chi connectivity index (χ0) is 12.8. The fourth-order valence-electron chi connectivity index (χ4n) is 2.69. The molecule has 1 fully saturated rings. The van der Waals surface area contributed by atoms with Gasteiger partial charge in [-0.25, -0.2) is 0 Å². The van der Waals surface area contributed by atoms with Gasteiger partial charge in [-0.05, 0) is 30.7 Å². The van der Waals surface area contributed by atoms with Crippen LogP contribution in [0.25, 0.3) is 0 Å². The van der Waals surface area contributed by atoms with Gasteiger partial charge in [0.15, 0.2) is 0 Å². The van der Waals surface area contributed by atoms with Crippen LogP contribution < -0.4 is 0 Å². The predicted molar refractivity (Wildman–Crippen MR) is 78.3 cm³/mol. The van der Waals surface area contributed by atoms with Gasteiger partial charge in [0.05, 0.1) is 12.0 Å². The maximum Gasteiger partial charge on any atom is 0.0667 e. The molecule has 1 aromatic rings. The van der Waals surface area contributed by atoms with Gasteiger partial charge in [-0.3, -0.25) is 0 Å². The SMILES string of the molecule is CCC1CCC(C#N)C(SCc2ccccc2)C1. The van der Waals surface area contributed by atoms with Gasteiger partial charge >= 0.3 is 0 Å². The molecule has 2 heteroatoms. The molecule has 1 aromatic carbocycles. The van der Waals surface area contributed by atoms with Crippen molar-refractivity contribution in [3.05, 3.63) is 35.9 Å². The molecule has 0 amide bonds. The normalized spacial score (nSPS) is 27.7. The first-order valence-corrected chi connectivity index (χ1v) is 7.93. The Bertz CT molecular complexity index is 395. The molecule has 1 aliphatic carbocycles. The predicted octanol–water partition coefficient (Wildman–Crippen LogP) is 4.64. The minimum absolute atomic E-state index is 0.265. The monoisotopic (exact) mass is 259 g/mol. The maximum absolute atomic E-state index is 9.25. The molecule has 1 aliphatic rings. The number of thioether (sulfide) groups is 1. The van der Waals surface area contributed by atoms with E-state index in [9.17, 15) is 5.26 Å². The van der Waals surface area contributed by atoms with Crippen molar-refractivity contribution < 1.29 is 0 Å². The van der Waals surface area contributed by atoms with Crippen LogP contribution >= 0.6 is 11.8 Å². The third-order valence-corrected chi connectivity index (χ3v) is 5.40. The first-order valence-electron chi connectivity index (χ1n) is 6.88. The van der Waals surface area contributed by atoms with Gasteiger partial charge in [-0.2, -0.15) is 17.0 Å². The molecule has 0 aromatic heterocycles. The summed E-state index contributed by atoms with van der Waals surface area (Å²) in [4.78, 5) is 0. The standard InChI is InChI=1S/C16H21NS/c1-2-13-8-9-15(11-17)16(10-13)18-12-14-6-4-3-5-7-14/h3-7,13,15-16H,2,8-10,12H2,1H3. The zero-order valence-electron chi connectivity index (χ0n) is 11.0. The maximum atomic E-state index is 9.25. The summed E-state index contributed by atoms with van der Waals surface area (Å²) in [6.45, 7) is 2.27. The van der Waals surface area contributed by atoms with Gasteiger partial charge < -0.3 is 0 Å². The van der Waals surface area contributed by atoms with Crippen molar-refractivity contribution in [3.8, 4) is 6.07 Å². The number of hydrogen-bond acceptors (Lipinski definition) is 2. The second-order valence-electron chi connectivity index (χ2n) is 5.16. The Morgan fingerprint density at radius 3 is 2.72 bits per heavy atom. The van der Waals surface area contributed by atoms with Crippen LogP contribution in [-0.4, -0.2) is 5.25 Å². The summed E-state index contributed by atoms with van der Waals surface area (Å²) in [5.74, 6) is 2.14. The van der Waals surface area contributed by atoms with E-state index in [2.05, 4.69) is 43.3 Å². The van der Waals surface area contributed by atoms with Crippen molar-refractivity contribution in [3.63, 3.8) is 0 Å². The van der Waals surface area contributed by atoms with Crippen LogP contribution in [0.2, 0.25) is 0 Å². The van der Waals surface area contributed by atoms with Crippen LogP contribution in [0.15, 0.2) is 30.3 Å². The fourth-order valence-corrected chi connectivity index (χ4v) is 4.13. The second kappa shape index (κ2) is 6.85. The van der Waals surface area contributed by atoms with Gasteiger partial charge in [0.2, 0.25) is 0 Å². The molecule has 1 saturated carbocycles. The Kier molecular flexibility index (Phi) is 5.13. The number of hydrogen-bond donors (Lipinski definition) is 0. The third kappa shape index (κ3) is 3.53. The molecule has 0 spiro atoms. The number of rotatable bonds is 4. The molecule has 96 valence electrons. The van der Waals surface area contributed by atoms with Crippen LogP contribution in [0.3, 0.4) is 0 Å². The number of benzene rings is 1. The largest absolute Gasteiger partial charge is 0.198 e. The van der Waals surface area contributed by atoms with Gasteiger partial charge in [-0.1, -0.05) is 43.7 Å². The Labute approximate surface area is 115 Å². The molecular weight excluding hydrogens is 238 g/mol. The molecule has 18 heavy (non-hydrogen) atoms. The zero-order valence-corrected chi connectivity index (χ0v) is 11.8. The molecule has 0 bridgehead atoms. The molecule has 2 rings (SSSR count). The fraction of sp³-hybridized carbons (Fsp3) is 0.562. The van der Waals surface area contributed by atoms with E-state index >= 15 is 0 Å². The molecule has 0 heterocycles. The first kappa shape index (κ1) is 13.5. The van der Waals surface area contributed by atoms with E-state index in [1.807, 2.05) is 11.8 Å². The van der Waals surface area contributed by atoms with E-state index in [0.29, 0.717) is 5.25 Å². The topological polar surface area (TPSA) is 23.8 Å². The summed E-state index contributed by atoms with van der Waals surface area (Å²) in [5, 5.41) is 9.79. The molecular formula is C16H21NS. The lowest BCUT2D eigenvalue weighted by Crippen LogP contribution is -2.26. The summed E-state index contributed by atoms with van der Waals surface area (Å²) in [7, 11) is 0. The molecule has 0 radical (unpaired) electrons. The van der Waals surface area contributed by atoms with E-state index in [4.69, 9.17) is 0 Å². The first-order chi connectivity index (χ1) is 8.83. The van der Waals surface area contributed by atoms with Crippen LogP contribution in [-0.2, 0) is 5.75 Å². The van der Waals surface area contributed by atoms with Gasteiger partial charge in [0, 0.05) is 11.0 Å². The van der Waals surface area contributed by atoms with Gasteiger partial charge in [0.1, 0.15) is 0 Å². The quantitative estimate of drug-likeness (QED) is 0.786. The van der Waals surface area contributed by atoms with Crippen LogP contribution in [0.5, 0.6) is 0 Å². The second-order valence-corrected chi connectivity index (χ2v) is 6.39. The minimum Gasteiger partial charge on any atom is -0.198 e. The van der Waals surface area contributed by atoms with E-state index in [1.165, 1.54) is 24.8 Å². The van der Waals surface area contributed by atoms with E-state index in [-0.39, 0.29) is 5.92 Å². The highest BCUT2D eigenvalue weighted by Crippen LogP contribution is 2.38. The lowest BCUT2D eigenvalue weighted by Gasteiger charge is -2.31. The Morgan fingerprint density at radius 1 is 1.28 bits per heavy atom. The van der Waals surface area contributed by atoms with E-state index in [1.54, 1.807) is 0 Å². The highest BCUT2D eigenvalue weighted by Gasteiger charge is 2.29. The van der Waals surface area contributed by atoms with Crippen LogP contribution in [0.4, 0.5) is 0 Å². The Balaban J connectivity index is 1.91. The summed E-state index contributed by atoms with van der Waals surface area (Å²) in [6.07, 6.45) is 4.84. The van der Waals surface area contributed by atoms with Crippen molar-refractivity contribution in [1.82, 2.24) is 0 Å². The van der Waals surface area contributed by atoms with E-state index in [0.717, 1.165) is 18.1 Å². The summed E-state index contributed by atoms with van der Waals surface area (Å²) in [6, 6.07) is 13.1. The van der Waals surface area contributed by atoms with Crippen molar-refractivity contribution in [2.75, 3.05) is 0 Å². The van der Waals surface area contributed by atoms with Gasteiger partial charge in [0.25, 0.3) is 0 Å². The molecule has 1 nitrogen and oxygen atoms in total. The highest BCUT2D eigenvalue weighted by atomic mass is 32.2. The van der Waals surface area contributed by atoms with Crippen molar-refractivity contribution in [1.29, 1.82) is 5.26 Å². The Morgan fingerprint density at radius 2 is 2.06 bits per heavy atom. The summed E-state index contributed by atoms with van der Waals surface area (Å²) in [5.41, 5.74) is 1.37. The minimum atomic E-state index is 0.265. The summed E-state index contributed by atoms with van der Waals surface area (Å²) >= 11 is 1.98. The summed E-state index contributed by atoms with van der Waals surface area (Å²) < 4.78 is 0. The van der Waals surface area contributed by atoms with Crippen molar-refractivity contribution >= 4 is 11.8 Å². The molecule has 0 saturated heterocycles. The van der Waals surface area contributed by atoms with Crippen molar-refractivity contribution in [2.45, 2.75) is 43.6 Å². The number of nitrogens with zero attached hydrogens (tertiary/aromatic N) is 1. The smallest absolute Gasteiger partial charge is 0.0667 e. The average molecular weight is 259 g/mol. The van der Waals surface area contributed by atoms with Crippen LogP contribution in [0.1, 0.15) is 38.2 Å². The van der Waals surface area contributed by atoms with E-state index < -0.39 is 0 Å². The molecule has 3 atom stereocenters. The lowest BCUT2D eigenvalue weighted by atomic mass is 9.81. The highest BCUT2D eigenvalue weighted by molar-refractivity contribution is 7.99. The number of nitriles is 1. The van der Waals surface area contributed by atoms with Crippen molar-refractivity contribution in [2.24, 2.45) is 11.8 Å². The average Bonchev–Trinajstić information content (AvgIpc) is 2.45. The lowest BCUT2D eigenvalue weighted by molar-refractivity contribution is 0.317. The van der Waals surface area contributed by atoms with Crippen LogP contribution in [0, 0.1) is 23.2 Å².